The fraction of sp³-hybridized carbons (Fsp3) is 0.0800. The van der Waals surface area contributed by atoms with Gasteiger partial charge in [-0.3, -0.25) is 4.79 Å². The van der Waals surface area contributed by atoms with E-state index in [1.165, 1.54) is 0 Å². The van der Waals surface area contributed by atoms with Gasteiger partial charge in [0.2, 0.25) is 5.82 Å². The number of hydrogen-bond acceptors (Lipinski definition) is 7. The maximum Gasteiger partial charge on any atom is 0.338 e. The molecule has 5 aromatic rings. The lowest BCUT2D eigenvalue weighted by molar-refractivity contribution is 0.0458. The highest BCUT2D eigenvalue weighted by atomic mass is 35.5. The number of rotatable bonds is 6. The van der Waals surface area contributed by atoms with Crippen LogP contribution in [0, 0.1) is 0 Å². The van der Waals surface area contributed by atoms with Gasteiger partial charge in [0.25, 0.3) is 11.4 Å². The van der Waals surface area contributed by atoms with Gasteiger partial charge in [-0.05, 0) is 35.9 Å². The van der Waals surface area contributed by atoms with Gasteiger partial charge in [-0.15, -0.1) is 0 Å². The molecule has 0 saturated carbocycles. The molecule has 5 rings (SSSR count). The molecule has 168 valence electrons. The second kappa shape index (κ2) is 9.29. The molecule has 0 aliphatic heterocycles. The van der Waals surface area contributed by atoms with Gasteiger partial charge in [0.1, 0.15) is 5.82 Å². The van der Waals surface area contributed by atoms with Crippen molar-refractivity contribution in [1.82, 2.24) is 20.1 Å². The molecule has 0 amide bonds. The third kappa shape index (κ3) is 4.44. The third-order valence-electron chi connectivity index (χ3n) is 5.16. The molecule has 0 atom stereocenters. The monoisotopic (exact) mass is 472 g/mol. The maximum atomic E-state index is 12.8. The Labute approximate surface area is 198 Å². The molecule has 8 nitrogen and oxygen atoms in total. The first-order valence-corrected chi connectivity index (χ1v) is 10.8. The Hall–Kier alpha value is -4.30. The van der Waals surface area contributed by atoms with Crippen LogP contribution in [-0.2, 0) is 17.8 Å². The molecule has 0 unspecified atom stereocenters. The van der Waals surface area contributed by atoms with Gasteiger partial charge in [-0.1, -0.05) is 59.2 Å². The number of aromatic amines is 1. The average molecular weight is 473 g/mol. The predicted octanol–water partition coefficient (Wildman–Crippen LogP) is 4.57. The Morgan fingerprint density at radius 3 is 2.62 bits per heavy atom. The lowest BCUT2D eigenvalue weighted by atomic mass is 10.0. The van der Waals surface area contributed by atoms with E-state index in [1.807, 2.05) is 6.07 Å². The summed E-state index contributed by atoms with van der Waals surface area (Å²) in [5.74, 6) is 0.346. The van der Waals surface area contributed by atoms with Gasteiger partial charge in [-0.25, -0.2) is 9.78 Å². The minimum Gasteiger partial charge on any atom is -0.454 e. The zero-order valence-electron chi connectivity index (χ0n) is 17.7. The Morgan fingerprint density at radius 2 is 1.74 bits per heavy atom. The molecular weight excluding hydrogens is 456 g/mol. The van der Waals surface area contributed by atoms with E-state index < -0.39 is 5.97 Å². The summed E-state index contributed by atoms with van der Waals surface area (Å²) in [5.41, 5.74) is 1.97. The van der Waals surface area contributed by atoms with Crippen molar-refractivity contribution >= 4 is 28.5 Å². The van der Waals surface area contributed by atoms with Crippen LogP contribution in [0.5, 0.6) is 0 Å². The second-order valence-corrected chi connectivity index (χ2v) is 7.84. The van der Waals surface area contributed by atoms with Crippen molar-refractivity contribution in [2.45, 2.75) is 13.0 Å². The van der Waals surface area contributed by atoms with E-state index in [2.05, 4.69) is 20.1 Å². The van der Waals surface area contributed by atoms with E-state index in [4.69, 9.17) is 20.9 Å². The van der Waals surface area contributed by atoms with Gasteiger partial charge in [0, 0.05) is 6.42 Å². The molecular formula is C25H17ClN4O4. The summed E-state index contributed by atoms with van der Waals surface area (Å²) in [6.07, 6.45) is 0.254. The zero-order valence-corrected chi connectivity index (χ0v) is 18.5. The SMILES string of the molecule is O=C(OCc1noc(-c2ccccc2Cl)n1)c1ccccc1Cc1nc2ccccc2c(=O)[nH]1. The van der Waals surface area contributed by atoms with E-state index in [9.17, 15) is 9.59 Å². The molecule has 0 aliphatic carbocycles. The molecule has 2 aromatic heterocycles. The Morgan fingerprint density at radius 1 is 0.971 bits per heavy atom. The summed E-state index contributed by atoms with van der Waals surface area (Å²) < 4.78 is 10.7. The summed E-state index contributed by atoms with van der Waals surface area (Å²) in [4.78, 5) is 36.7. The third-order valence-corrected chi connectivity index (χ3v) is 5.49. The Kier molecular flexibility index (Phi) is 5.88. The van der Waals surface area contributed by atoms with Crippen LogP contribution in [0.2, 0.25) is 5.02 Å². The maximum absolute atomic E-state index is 12.8. The van der Waals surface area contributed by atoms with Crippen molar-refractivity contribution in [3.63, 3.8) is 0 Å². The van der Waals surface area contributed by atoms with Crippen LogP contribution in [-0.4, -0.2) is 26.1 Å². The predicted molar refractivity (Wildman–Crippen MR) is 125 cm³/mol. The number of nitrogens with one attached hydrogen (secondary N) is 1. The van der Waals surface area contributed by atoms with Crippen molar-refractivity contribution in [2.75, 3.05) is 0 Å². The van der Waals surface area contributed by atoms with Gasteiger partial charge in [-0.2, -0.15) is 4.98 Å². The first kappa shape index (κ1) is 21.5. The molecule has 34 heavy (non-hydrogen) atoms. The molecule has 0 spiro atoms. The number of fused-ring (bicyclic) bond motifs is 1. The van der Waals surface area contributed by atoms with Crippen LogP contribution in [0.1, 0.15) is 27.6 Å². The Balaban J connectivity index is 1.32. The summed E-state index contributed by atoms with van der Waals surface area (Å²) in [5, 5.41) is 4.84. The van der Waals surface area contributed by atoms with Crippen molar-refractivity contribution in [1.29, 1.82) is 0 Å². The number of H-pyrrole nitrogens is 1. The summed E-state index contributed by atoms with van der Waals surface area (Å²) in [6.45, 7) is -0.174. The number of ether oxygens (including phenoxy) is 1. The molecule has 0 bridgehead atoms. The second-order valence-electron chi connectivity index (χ2n) is 7.44. The smallest absolute Gasteiger partial charge is 0.338 e. The topological polar surface area (TPSA) is 111 Å². The van der Waals surface area contributed by atoms with E-state index in [-0.39, 0.29) is 30.3 Å². The Bertz CT molecular complexity index is 1560. The van der Waals surface area contributed by atoms with Crippen molar-refractivity contribution in [2.24, 2.45) is 0 Å². The number of aromatic nitrogens is 4. The van der Waals surface area contributed by atoms with Gasteiger partial charge in [0.05, 0.1) is 27.1 Å². The number of hydrogen-bond donors (Lipinski definition) is 1. The van der Waals surface area contributed by atoms with Crippen molar-refractivity contribution < 1.29 is 14.1 Å². The van der Waals surface area contributed by atoms with E-state index in [0.29, 0.717) is 38.4 Å². The molecule has 0 saturated heterocycles. The molecule has 0 radical (unpaired) electrons. The summed E-state index contributed by atoms with van der Waals surface area (Å²) in [6, 6.07) is 21.2. The van der Waals surface area contributed by atoms with Crippen LogP contribution in [0.4, 0.5) is 0 Å². The fourth-order valence-electron chi connectivity index (χ4n) is 3.54. The van der Waals surface area contributed by atoms with Crippen LogP contribution in [0.25, 0.3) is 22.4 Å². The molecule has 0 fully saturated rings. The summed E-state index contributed by atoms with van der Waals surface area (Å²) >= 11 is 6.16. The molecule has 2 heterocycles. The molecule has 1 N–H and O–H groups in total. The van der Waals surface area contributed by atoms with E-state index in [1.54, 1.807) is 66.7 Å². The standard InChI is InChI=1S/C25H17ClN4O4/c26-19-11-5-3-9-17(19)24-29-22(30-34-24)14-33-25(32)16-8-2-1-7-15(16)13-21-27-20-12-6-4-10-18(20)23(31)28-21/h1-12H,13-14H2,(H,27,28,31). The minimum absolute atomic E-state index is 0.174. The van der Waals surface area contributed by atoms with Crippen LogP contribution in [0.3, 0.4) is 0 Å². The number of para-hydroxylation sites is 1. The van der Waals surface area contributed by atoms with Gasteiger partial charge >= 0.3 is 5.97 Å². The quantitative estimate of drug-likeness (QED) is 0.360. The average Bonchev–Trinajstić information content (AvgIpc) is 3.32. The fourth-order valence-corrected chi connectivity index (χ4v) is 3.75. The number of benzene rings is 3. The first-order chi connectivity index (χ1) is 16.6. The number of carbonyl (C=O) groups excluding carboxylic acids is 1. The number of esters is 1. The first-order valence-electron chi connectivity index (χ1n) is 10.4. The van der Waals surface area contributed by atoms with Crippen molar-refractivity contribution in [3.05, 3.63) is 111 Å². The normalized spacial score (nSPS) is 11.0. The molecule has 3 aromatic carbocycles. The van der Waals surface area contributed by atoms with E-state index >= 15 is 0 Å². The minimum atomic E-state index is -0.553. The summed E-state index contributed by atoms with van der Waals surface area (Å²) in [7, 11) is 0. The van der Waals surface area contributed by atoms with Gasteiger partial charge in [0.15, 0.2) is 6.61 Å². The number of carbonyl (C=O) groups is 1. The highest BCUT2D eigenvalue weighted by Gasteiger charge is 2.17. The van der Waals surface area contributed by atoms with Crippen LogP contribution >= 0.6 is 11.6 Å². The number of halogens is 1. The van der Waals surface area contributed by atoms with Gasteiger partial charge < -0.3 is 14.2 Å². The van der Waals surface area contributed by atoms with Crippen LogP contribution in [0.15, 0.2) is 82.1 Å². The highest BCUT2D eigenvalue weighted by molar-refractivity contribution is 6.33. The lowest BCUT2D eigenvalue weighted by Gasteiger charge is -2.09. The molecule has 0 aliphatic rings. The van der Waals surface area contributed by atoms with Crippen molar-refractivity contribution in [3.8, 4) is 11.5 Å². The highest BCUT2D eigenvalue weighted by Crippen LogP contribution is 2.26. The lowest BCUT2D eigenvalue weighted by Crippen LogP contribution is -2.14. The van der Waals surface area contributed by atoms with Crippen LogP contribution < -0.4 is 5.56 Å². The van der Waals surface area contributed by atoms with E-state index in [0.717, 1.165) is 0 Å². The number of nitrogens with zero attached hydrogens (tertiary/aromatic N) is 3. The zero-order chi connectivity index (χ0) is 23.5. The molecule has 9 heteroatoms. The largest absolute Gasteiger partial charge is 0.454 e.